The fourth-order valence-corrected chi connectivity index (χ4v) is 2.31. The van der Waals surface area contributed by atoms with Gasteiger partial charge in [0.05, 0.1) is 6.07 Å². The smallest absolute Gasteiger partial charge is 0.224 e. The number of hydrogen-bond acceptors (Lipinski definition) is 3. The second-order valence-electron chi connectivity index (χ2n) is 4.50. The average molecular weight is 252 g/mol. The Morgan fingerprint density at radius 3 is 3.00 bits per heavy atom. The van der Waals surface area contributed by atoms with Gasteiger partial charge in [0.2, 0.25) is 5.91 Å². The molecule has 1 aliphatic rings. The zero-order valence-electron chi connectivity index (χ0n) is 10.2. The van der Waals surface area contributed by atoms with Gasteiger partial charge in [-0.1, -0.05) is 12.1 Å². The minimum Gasteiger partial charge on any atom is -0.347 e. The third-order valence-electron chi connectivity index (χ3n) is 3.28. The van der Waals surface area contributed by atoms with Crippen LogP contribution in [0.2, 0.25) is 0 Å². The summed E-state index contributed by atoms with van der Waals surface area (Å²) in [5.41, 5.74) is 2.81. The van der Waals surface area contributed by atoms with Crippen molar-refractivity contribution in [2.45, 2.75) is 18.8 Å². The van der Waals surface area contributed by atoms with Gasteiger partial charge in [0.15, 0.2) is 0 Å². The van der Waals surface area contributed by atoms with Crippen LogP contribution in [-0.2, 0) is 11.2 Å². The van der Waals surface area contributed by atoms with Gasteiger partial charge < -0.3 is 10.3 Å². The summed E-state index contributed by atoms with van der Waals surface area (Å²) in [6.07, 6.45) is 4.55. The molecule has 0 fully saturated rings. The molecule has 0 aliphatic carbocycles. The van der Waals surface area contributed by atoms with Crippen LogP contribution in [0.3, 0.4) is 0 Å². The minimum absolute atomic E-state index is 0.0446. The number of anilines is 1. The van der Waals surface area contributed by atoms with E-state index in [2.05, 4.69) is 21.4 Å². The molecule has 94 valence electrons. The fourth-order valence-electron chi connectivity index (χ4n) is 2.31. The Balaban J connectivity index is 1.98. The maximum atomic E-state index is 11.3. The van der Waals surface area contributed by atoms with Crippen molar-refractivity contribution in [3.05, 3.63) is 47.5 Å². The van der Waals surface area contributed by atoms with E-state index in [9.17, 15) is 10.1 Å². The SMILES string of the molecule is N#CC(c1ccc2c(c1)CCC(=O)N2)c1ncc[nH]1. The summed E-state index contributed by atoms with van der Waals surface area (Å²) in [5, 5.41) is 12.2. The summed E-state index contributed by atoms with van der Waals surface area (Å²) in [6, 6.07) is 7.95. The van der Waals surface area contributed by atoms with Crippen molar-refractivity contribution >= 4 is 11.6 Å². The molecule has 2 aromatic rings. The third kappa shape index (κ3) is 2.08. The first-order valence-corrected chi connectivity index (χ1v) is 6.09. The van der Waals surface area contributed by atoms with Crippen LogP contribution in [0, 0.1) is 11.3 Å². The summed E-state index contributed by atoms with van der Waals surface area (Å²) in [7, 11) is 0. The van der Waals surface area contributed by atoms with Gasteiger partial charge in [0.1, 0.15) is 11.7 Å². The van der Waals surface area contributed by atoms with Crippen LogP contribution in [-0.4, -0.2) is 15.9 Å². The minimum atomic E-state index is -0.405. The van der Waals surface area contributed by atoms with Crippen molar-refractivity contribution in [2.24, 2.45) is 0 Å². The van der Waals surface area contributed by atoms with Crippen LogP contribution in [0.15, 0.2) is 30.6 Å². The molecule has 1 aromatic heterocycles. The van der Waals surface area contributed by atoms with E-state index in [1.807, 2.05) is 18.2 Å². The van der Waals surface area contributed by atoms with Gasteiger partial charge in [-0.25, -0.2) is 4.98 Å². The number of carbonyl (C=O) groups excluding carboxylic acids is 1. The average Bonchev–Trinajstić information content (AvgIpc) is 2.93. The van der Waals surface area contributed by atoms with E-state index < -0.39 is 5.92 Å². The second-order valence-corrected chi connectivity index (χ2v) is 4.50. The molecule has 1 aromatic carbocycles. The molecule has 1 aliphatic heterocycles. The molecule has 0 radical (unpaired) electrons. The molecule has 3 rings (SSSR count). The molecule has 1 atom stereocenters. The molecule has 0 saturated heterocycles. The van der Waals surface area contributed by atoms with Crippen LogP contribution >= 0.6 is 0 Å². The normalized spacial score (nSPS) is 15.2. The van der Waals surface area contributed by atoms with Gasteiger partial charge in [-0.05, 0) is 23.6 Å². The highest BCUT2D eigenvalue weighted by Gasteiger charge is 2.20. The van der Waals surface area contributed by atoms with E-state index in [4.69, 9.17) is 0 Å². The highest BCUT2D eigenvalue weighted by Crippen LogP contribution is 2.28. The van der Waals surface area contributed by atoms with E-state index in [1.165, 1.54) is 0 Å². The number of aryl methyl sites for hydroxylation is 1. The quantitative estimate of drug-likeness (QED) is 0.857. The molecular formula is C14H12N4O. The van der Waals surface area contributed by atoms with Crippen LogP contribution in [0.4, 0.5) is 5.69 Å². The number of aromatic nitrogens is 2. The lowest BCUT2D eigenvalue weighted by Crippen LogP contribution is -2.19. The second kappa shape index (κ2) is 4.58. The summed E-state index contributed by atoms with van der Waals surface area (Å²) in [6.45, 7) is 0. The van der Waals surface area contributed by atoms with Crippen LogP contribution in [0.5, 0.6) is 0 Å². The van der Waals surface area contributed by atoms with Crippen molar-refractivity contribution in [1.29, 1.82) is 5.26 Å². The first-order valence-electron chi connectivity index (χ1n) is 6.09. The van der Waals surface area contributed by atoms with Crippen LogP contribution < -0.4 is 5.32 Å². The number of nitrogens with one attached hydrogen (secondary N) is 2. The van der Waals surface area contributed by atoms with Crippen molar-refractivity contribution in [2.75, 3.05) is 5.32 Å². The summed E-state index contributed by atoms with van der Waals surface area (Å²) in [4.78, 5) is 18.4. The molecule has 5 heteroatoms. The molecule has 0 saturated carbocycles. The number of benzene rings is 1. The fraction of sp³-hybridized carbons (Fsp3) is 0.214. The molecule has 0 bridgehead atoms. The zero-order chi connectivity index (χ0) is 13.2. The lowest BCUT2D eigenvalue weighted by molar-refractivity contribution is -0.116. The van der Waals surface area contributed by atoms with Crippen molar-refractivity contribution in [3.63, 3.8) is 0 Å². The van der Waals surface area contributed by atoms with Crippen molar-refractivity contribution in [1.82, 2.24) is 9.97 Å². The molecule has 2 heterocycles. The van der Waals surface area contributed by atoms with Crippen LogP contribution in [0.1, 0.15) is 29.3 Å². The molecule has 0 spiro atoms. The molecular weight excluding hydrogens is 240 g/mol. The standard InChI is InChI=1S/C14H12N4O/c15-8-11(14-16-5-6-17-14)9-1-3-12-10(7-9)2-4-13(19)18-12/h1,3,5-7,11H,2,4H2,(H,16,17)(H,18,19). The first-order chi connectivity index (χ1) is 9.28. The van der Waals surface area contributed by atoms with Gasteiger partial charge in [-0.3, -0.25) is 4.79 Å². The van der Waals surface area contributed by atoms with E-state index >= 15 is 0 Å². The summed E-state index contributed by atoms with van der Waals surface area (Å²) >= 11 is 0. The van der Waals surface area contributed by atoms with E-state index in [0.29, 0.717) is 18.7 Å². The van der Waals surface area contributed by atoms with Gasteiger partial charge >= 0.3 is 0 Å². The van der Waals surface area contributed by atoms with Gasteiger partial charge in [0.25, 0.3) is 0 Å². The molecule has 2 N–H and O–H groups in total. The van der Waals surface area contributed by atoms with E-state index in [0.717, 1.165) is 16.8 Å². The number of aromatic amines is 1. The Kier molecular flexibility index (Phi) is 2.76. The van der Waals surface area contributed by atoms with Crippen LogP contribution in [0.25, 0.3) is 0 Å². The molecule has 5 nitrogen and oxygen atoms in total. The Morgan fingerprint density at radius 1 is 1.37 bits per heavy atom. The van der Waals surface area contributed by atoms with E-state index in [-0.39, 0.29) is 5.91 Å². The maximum absolute atomic E-state index is 11.3. The maximum Gasteiger partial charge on any atom is 0.224 e. The molecule has 1 unspecified atom stereocenters. The predicted octanol–water partition coefficient (Wildman–Crippen LogP) is 1.95. The number of fused-ring (bicyclic) bond motifs is 1. The summed E-state index contributed by atoms with van der Waals surface area (Å²) in [5.74, 6) is 0.281. The molecule has 1 amide bonds. The lowest BCUT2D eigenvalue weighted by atomic mass is 9.94. The first kappa shape index (κ1) is 11.5. The Bertz CT molecular complexity index is 655. The highest BCUT2D eigenvalue weighted by molar-refractivity contribution is 5.93. The lowest BCUT2D eigenvalue weighted by Gasteiger charge is -2.18. The number of nitriles is 1. The highest BCUT2D eigenvalue weighted by atomic mass is 16.1. The number of amides is 1. The topological polar surface area (TPSA) is 81.6 Å². The number of imidazole rings is 1. The number of nitrogens with zero attached hydrogens (tertiary/aromatic N) is 2. The molecule has 19 heavy (non-hydrogen) atoms. The number of H-pyrrole nitrogens is 1. The monoisotopic (exact) mass is 252 g/mol. The predicted molar refractivity (Wildman–Crippen MR) is 69.4 cm³/mol. The Hall–Kier alpha value is -2.61. The van der Waals surface area contributed by atoms with Crippen molar-refractivity contribution < 1.29 is 4.79 Å². The van der Waals surface area contributed by atoms with Gasteiger partial charge in [-0.15, -0.1) is 0 Å². The van der Waals surface area contributed by atoms with Gasteiger partial charge in [0, 0.05) is 24.5 Å². The zero-order valence-corrected chi connectivity index (χ0v) is 10.2. The van der Waals surface area contributed by atoms with E-state index in [1.54, 1.807) is 12.4 Å². The Labute approximate surface area is 110 Å². The van der Waals surface area contributed by atoms with Crippen molar-refractivity contribution in [3.8, 4) is 6.07 Å². The summed E-state index contributed by atoms with van der Waals surface area (Å²) < 4.78 is 0. The number of rotatable bonds is 2. The number of carbonyl (C=O) groups is 1. The third-order valence-corrected chi connectivity index (χ3v) is 3.28. The van der Waals surface area contributed by atoms with Gasteiger partial charge in [-0.2, -0.15) is 5.26 Å². The largest absolute Gasteiger partial charge is 0.347 e. The number of hydrogen-bond donors (Lipinski definition) is 2. The Morgan fingerprint density at radius 2 is 2.26 bits per heavy atom.